The molecule has 5 heteroatoms. The van der Waals surface area contributed by atoms with Crippen LogP contribution >= 0.6 is 35.2 Å². The molecule has 1 aliphatic carbocycles. The summed E-state index contributed by atoms with van der Waals surface area (Å²) in [6.07, 6.45) is 8.74. The molecule has 182 valence electrons. The minimum atomic E-state index is -1.54. The van der Waals surface area contributed by atoms with Crippen LogP contribution in [0.5, 0.6) is 0 Å². The van der Waals surface area contributed by atoms with Crippen molar-refractivity contribution in [1.29, 1.82) is 0 Å². The molecule has 0 aromatic carbocycles. The SMILES string of the molecule is CC(C)(C)[PH+](C[PH+](C(C)(C)C)C(C)(C)C)C(C)(C)C.[Cl][Ru]([Cl])=[CH]C=C1CCCCC1. The number of halogens is 2. The van der Waals surface area contributed by atoms with Gasteiger partial charge in [-0.1, -0.05) is 0 Å². The van der Waals surface area contributed by atoms with Crippen LogP contribution < -0.4 is 0 Å². The third-order valence-corrected chi connectivity index (χ3v) is 17.7. The molecule has 0 N–H and O–H groups in total. The fourth-order valence-corrected chi connectivity index (χ4v) is 20.3. The van der Waals surface area contributed by atoms with Crippen molar-refractivity contribution in [3.8, 4) is 0 Å². The maximum atomic E-state index is 5.71. The number of hydrogen-bond acceptors (Lipinski definition) is 0. The second kappa shape index (κ2) is 12.9. The van der Waals surface area contributed by atoms with Crippen LogP contribution in [0, 0.1) is 0 Å². The third-order valence-electron chi connectivity index (χ3n) is 5.85. The van der Waals surface area contributed by atoms with Gasteiger partial charge in [0.25, 0.3) is 0 Å². The second-order valence-electron chi connectivity index (χ2n) is 12.8. The summed E-state index contributed by atoms with van der Waals surface area (Å²) in [6, 6.07) is 0. The van der Waals surface area contributed by atoms with Crippen molar-refractivity contribution in [2.75, 3.05) is 5.90 Å². The van der Waals surface area contributed by atoms with Gasteiger partial charge in [-0.05, 0) is 83.1 Å². The fraction of sp³-hybridized carbons (Fsp3) is 0.880. The quantitative estimate of drug-likeness (QED) is 0.228. The fourth-order valence-electron chi connectivity index (χ4n) is 4.79. The molecule has 0 aliphatic heterocycles. The van der Waals surface area contributed by atoms with Crippen molar-refractivity contribution >= 4 is 39.8 Å². The predicted molar refractivity (Wildman–Crippen MR) is 149 cm³/mol. The van der Waals surface area contributed by atoms with Crippen LogP contribution in [0.4, 0.5) is 0 Å². The summed E-state index contributed by atoms with van der Waals surface area (Å²) >= 11 is -1.54. The molecule has 0 atom stereocenters. The van der Waals surface area contributed by atoms with Crippen molar-refractivity contribution in [2.45, 2.75) is 136 Å². The Kier molecular flexibility index (Phi) is 13.7. The molecular formula is C25H52Cl2P2Ru+2. The van der Waals surface area contributed by atoms with Crippen molar-refractivity contribution < 1.29 is 13.5 Å². The second-order valence-corrected chi connectivity index (χ2v) is 28.0. The summed E-state index contributed by atoms with van der Waals surface area (Å²) in [5.41, 5.74) is 1.54. The van der Waals surface area contributed by atoms with Crippen LogP contribution in [-0.4, -0.2) is 31.1 Å². The molecule has 0 spiro atoms. The molecule has 1 aliphatic rings. The first-order chi connectivity index (χ1) is 13.3. The van der Waals surface area contributed by atoms with E-state index in [0.29, 0.717) is 20.6 Å². The summed E-state index contributed by atoms with van der Waals surface area (Å²) in [4.78, 5) is 0. The van der Waals surface area contributed by atoms with E-state index in [1.165, 1.54) is 43.6 Å². The van der Waals surface area contributed by atoms with Crippen LogP contribution in [0.1, 0.15) is 115 Å². The molecule has 1 saturated carbocycles. The monoisotopic (exact) mass is 586 g/mol. The van der Waals surface area contributed by atoms with Crippen LogP contribution in [0.15, 0.2) is 11.6 Å². The Morgan fingerprint density at radius 2 is 1.00 bits per heavy atom. The van der Waals surface area contributed by atoms with Crippen molar-refractivity contribution in [2.24, 2.45) is 0 Å². The Bertz CT molecular complexity index is 500. The summed E-state index contributed by atoms with van der Waals surface area (Å²) in [5, 5.41) is 1.98. The number of allylic oxidation sites excluding steroid dienone is 2. The molecule has 30 heavy (non-hydrogen) atoms. The van der Waals surface area contributed by atoms with Gasteiger partial charge >= 0.3 is 81.3 Å². The first kappa shape index (κ1) is 31.7. The molecule has 0 unspecified atom stereocenters. The zero-order chi connectivity index (χ0) is 24.0. The molecule has 0 nitrogen and oxygen atoms in total. The predicted octanol–water partition coefficient (Wildman–Crippen LogP) is 10.2. The summed E-state index contributed by atoms with van der Waals surface area (Å²) < 4.78 is 1.99. The van der Waals surface area contributed by atoms with Crippen LogP contribution in [-0.2, 0) is 13.5 Å². The number of hydrogen-bond donors (Lipinski definition) is 0. The van der Waals surface area contributed by atoms with E-state index in [1.54, 1.807) is 0 Å². The van der Waals surface area contributed by atoms with Crippen molar-refractivity contribution in [3.63, 3.8) is 0 Å². The molecule has 0 aromatic rings. The Balaban J connectivity index is 0.000000642. The first-order valence-electron chi connectivity index (χ1n) is 11.5. The van der Waals surface area contributed by atoms with E-state index in [0.717, 1.165) is 0 Å². The van der Waals surface area contributed by atoms with Gasteiger partial charge in [0.15, 0.2) is 5.90 Å². The standard InChI is InChI=1S/C17H38P2.C8H12.2ClH.Ru/c1-14(2,3)18(15(4,5)6)13-19(16(7,8)9)17(10,11)12;1-2-8-6-4-3-5-7-8;;;/h13H2,1-12H3;1-2H,3-7H2;2*1H;/q;;;;+2. The van der Waals surface area contributed by atoms with Crippen LogP contribution in [0.25, 0.3) is 0 Å². The Hall–Kier alpha value is 1.67. The Morgan fingerprint density at radius 3 is 1.27 bits per heavy atom. The van der Waals surface area contributed by atoms with Crippen molar-refractivity contribution in [3.05, 3.63) is 11.6 Å². The first-order valence-corrected chi connectivity index (χ1v) is 20.4. The van der Waals surface area contributed by atoms with E-state index in [9.17, 15) is 0 Å². The van der Waals surface area contributed by atoms with E-state index >= 15 is 0 Å². The van der Waals surface area contributed by atoms with Gasteiger partial charge in [0.05, 0.1) is 20.6 Å². The van der Waals surface area contributed by atoms with Gasteiger partial charge in [-0.25, -0.2) is 0 Å². The van der Waals surface area contributed by atoms with Crippen LogP contribution in [0.3, 0.4) is 0 Å². The van der Waals surface area contributed by atoms with E-state index in [-0.39, 0.29) is 0 Å². The molecule has 0 amide bonds. The van der Waals surface area contributed by atoms with Crippen molar-refractivity contribution in [1.82, 2.24) is 0 Å². The molecule has 1 rings (SSSR count). The van der Waals surface area contributed by atoms with Gasteiger partial charge in [-0.3, -0.25) is 0 Å². The van der Waals surface area contributed by atoms with Gasteiger partial charge in [-0.2, -0.15) is 0 Å². The van der Waals surface area contributed by atoms with Crippen LogP contribution in [0.2, 0.25) is 0 Å². The van der Waals surface area contributed by atoms with E-state index in [1.807, 2.05) is 4.61 Å². The average molecular weight is 587 g/mol. The van der Waals surface area contributed by atoms with Gasteiger partial charge < -0.3 is 0 Å². The summed E-state index contributed by atoms with van der Waals surface area (Å²) in [7, 11) is 10.6. The van der Waals surface area contributed by atoms with Gasteiger partial charge in [-0.15, -0.1) is 0 Å². The van der Waals surface area contributed by atoms with E-state index in [4.69, 9.17) is 19.4 Å². The molecule has 0 saturated heterocycles. The molecule has 1 fully saturated rings. The maximum absolute atomic E-state index is 5.71. The summed E-state index contributed by atoms with van der Waals surface area (Å²) in [5.74, 6) is 1.52. The van der Waals surface area contributed by atoms with E-state index in [2.05, 4.69) is 89.2 Å². The molecular weight excluding hydrogens is 534 g/mol. The minimum absolute atomic E-state index is 0.394. The van der Waals surface area contributed by atoms with Gasteiger partial charge in [0.2, 0.25) is 0 Å². The summed E-state index contributed by atoms with van der Waals surface area (Å²) in [6.45, 7) is 29.6. The zero-order valence-corrected chi connectivity index (χ0v) is 27.3. The topological polar surface area (TPSA) is 0 Å². The van der Waals surface area contributed by atoms with E-state index < -0.39 is 29.4 Å². The third kappa shape index (κ3) is 13.4. The van der Waals surface area contributed by atoms with Gasteiger partial charge in [0.1, 0.15) is 0 Å². The number of rotatable bonds is 3. The average Bonchev–Trinajstić information content (AvgIpc) is 2.49. The Labute approximate surface area is 205 Å². The zero-order valence-electron chi connectivity index (χ0n) is 22.0. The molecule has 0 radical (unpaired) electrons. The Morgan fingerprint density at radius 1 is 0.667 bits per heavy atom. The van der Waals surface area contributed by atoms with Gasteiger partial charge in [0, 0.05) is 15.8 Å². The molecule has 0 heterocycles. The molecule has 0 aromatic heterocycles. The molecule has 0 bridgehead atoms. The normalized spacial score (nSPS) is 16.9.